The van der Waals surface area contributed by atoms with Crippen molar-refractivity contribution >= 4 is 17.5 Å². The third kappa shape index (κ3) is 5.54. The molecule has 1 aromatic carbocycles. The molecule has 0 heterocycles. The summed E-state index contributed by atoms with van der Waals surface area (Å²) in [4.78, 5) is 12.3. The van der Waals surface area contributed by atoms with Gasteiger partial charge in [0, 0.05) is 18.0 Å². The van der Waals surface area contributed by atoms with E-state index in [4.69, 9.17) is 11.6 Å². The Morgan fingerprint density at radius 1 is 1.10 bits per heavy atom. The van der Waals surface area contributed by atoms with Gasteiger partial charge in [-0.25, -0.2) is 0 Å². The van der Waals surface area contributed by atoms with Crippen molar-refractivity contribution in [2.45, 2.75) is 51.9 Å². The minimum atomic E-state index is -0.0196. The summed E-state index contributed by atoms with van der Waals surface area (Å²) in [5, 5.41) is 3.02. The summed E-state index contributed by atoms with van der Waals surface area (Å²) in [7, 11) is 0. The molecule has 0 saturated heterocycles. The molecule has 0 radical (unpaired) electrons. The van der Waals surface area contributed by atoms with Gasteiger partial charge in [-0.15, -0.1) is 11.6 Å². The second-order valence-corrected chi connectivity index (χ2v) is 6.53. The lowest BCUT2D eigenvalue weighted by Gasteiger charge is -2.22. The highest BCUT2D eigenvalue weighted by molar-refractivity contribution is 6.17. The number of amides is 1. The van der Waals surface area contributed by atoms with Crippen molar-refractivity contribution in [2.75, 3.05) is 12.4 Å². The van der Waals surface area contributed by atoms with Crippen LogP contribution in [-0.2, 0) is 5.41 Å². The molecule has 2 nitrogen and oxygen atoms in total. The first-order valence-corrected chi connectivity index (χ1v) is 7.94. The van der Waals surface area contributed by atoms with Crippen molar-refractivity contribution in [1.29, 1.82) is 0 Å². The van der Waals surface area contributed by atoms with Gasteiger partial charge in [0.15, 0.2) is 0 Å². The molecule has 0 aliphatic rings. The second-order valence-electron chi connectivity index (χ2n) is 6.15. The van der Waals surface area contributed by atoms with E-state index in [0.29, 0.717) is 0 Å². The molecule has 0 aliphatic heterocycles. The van der Waals surface area contributed by atoms with Gasteiger partial charge in [-0.2, -0.15) is 0 Å². The van der Waals surface area contributed by atoms with E-state index in [1.54, 1.807) is 0 Å². The van der Waals surface area contributed by atoms with Gasteiger partial charge in [0.2, 0.25) is 0 Å². The lowest BCUT2D eigenvalue weighted by Crippen LogP contribution is -2.27. The van der Waals surface area contributed by atoms with E-state index >= 15 is 0 Å². The van der Waals surface area contributed by atoms with Gasteiger partial charge in [0.1, 0.15) is 0 Å². The fourth-order valence-corrected chi connectivity index (χ4v) is 2.39. The van der Waals surface area contributed by atoms with Crippen LogP contribution in [0.2, 0.25) is 0 Å². The molecule has 3 heteroatoms. The first kappa shape index (κ1) is 17.0. The molecular weight excluding hydrogens is 270 g/mol. The SMILES string of the molecule is CC(C)(C)c1ccccc1C(=O)NCCCCCCCl. The molecule has 0 saturated carbocycles. The molecule has 1 rings (SSSR count). The van der Waals surface area contributed by atoms with Crippen molar-refractivity contribution < 1.29 is 4.79 Å². The van der Waals surface area contributed by atoms with Gasteiger partial charge in [-0.1, -0.05) is 51.8 Å². The largest absolute Gasteiger partial charge is 0.352 e. The predicted molar refractivity (Wildman–Crippen MR) is 86.7 cm³/mol. The van der Waals surface area contributed by atoms with Crippen LogP contribution in [0, 0.1) is 0 Å². The summed E-state index contributed by atoms with van der Waals surface area (Å²) < 4.78 is 0. The van der Waals surface area contributed by atoms with Crippen LogP contribution >= 0.6 is 11.6 Å². The van der Waals surface area contributed by atoms with Crippen LogP contribution in [0.4, 0.5) is 0 Å². The minimum absolute atomic E-state index is 0.0196. The van der Waals surface area contributed by atoms with Crippen molar-refractivity contribution in [1.82, 2.24) is 5.32 Å². The molecule has 0 spiro atoms. The highest BCUT2D eigenvalue weighted by Crippen LogP contribution is 2.25. The molecule has 0 unspecified atom stereocenters. The molecule has 20 heavy (non-hydrogen) atoms. The number of rotatable bonds is 7. The fourth-order valence-electron chi connectivity index (χ4n) is 2.21. The van der Waals surface area contributed by atoms with Crippen molar-refractivity contribution in [3.63, 3.8) is 0 Å². The molecule has 0 fully saturated rings. The summed E-state index contributed by atoms with van der Waals surface area (Å²) in [5.74, 6) is 0.763. The predicted octanol–water partition coefficient (Wildman–Crippen LogP) is 4.51. The van der Waals surface area contributed by atoms with Gasteiger partial charge in [0.25, 0.3) is 5.91 Å². The first-order valence-electron chi connectivity index (χ1n) is 7.40. The van der Waals surface area contributed by atoms with Gasteiger partial charge in [0.05, 0.1) is 0 Å². The summed E-state index contributed by atoms with van der Waals surface area (Å²) in [6.07, 6.45) is 4.33. The number of unbranched alkanes of at least 4 members (excludes halogenated alkanes) is 3. The number of alkyl halides is 1. The van der Waals surface area contributed by atoms with Crippen LogP contribution in [0.5, 0.6) is 0 Å². The summed E-state index contributed by atoms with van der Waals surface area (Å²) in [6, 6.07) is 7.85. The Morgan fingerprint density at radius 3 is 2.40 bits per heavy atom. The van der Waals surface area contributed by atoms with Crippen LogP contribution < -0.4 is 5.32 Å². The van der Waals surface area contributed by atoms with E-state index in [-0.39, 0.29) is 11.3 Å². The number of carbonyl (C=O) groups excluding carboxylic acids is 1. The number of hydrogen-bond donors (Lipinski definition) is 1. The van der Waals surface area contributed by atoms with Gasteiger partial charge in [-0.3, -0.25) is 4.79 Å². The maximum Gasteiger partial charge on any atom is 0.251 e. The third-order valence-electron chi connectivity index (χ3n) is 3.33. The quantitative estimate of drug-likeness (QED) is 0.582. The van der Waals surface area contributed by atoms with E-state index in [0.717, 1.165) is 49.2 Å². The third-order valence-corrected chi connectivity index (χ3v) is 3.59. The Hall–Kier alpha value is -1.02. The molecular formula is C17H26ClNO. The smallest absolute Gasteiger partial charge is 0.251 e. The lowest BCUT2D eigenvalue weighted by atomic mass is 9.83. The topological polar surface area (TPSA) is 29.1 Å². The molecule has 0 aliphatic carbocycles. The summed E-state index contributed by atoms with van der Waals surface area (Å²) >= 11 is 5.64. The number of benzene rings is 1. The Kier molecular flexibility index (Phi) is 7.08. The Balaban J connectivity index is 2.52. The maximum atomic E-state index is 12.3. The van der Waals surface area contributed by atoms with E-state index in [1.165, 1.54) is 0 Å². The maximum absolute atomic E-state index is 12.3. The number of carbonyl (C=O) groups is 1. The highest BCUT2D eigenvalue weighted by Gasteiger charge is 2.20. The van der Waals surface area contributed by atoms with Crippen LogP contribution in [0.25, 0.3) is 0 Å². The molecule has 0 bridgehead atoms. The average molecular weight is 296 g/mol. The first-order chi connectivity index (χ1) is 9.46. The Labute approximate surface area is 127 Å². The standard InChI is InChI=1S/C17H26ClNO/c1-17(2,3)15-11-7-6-10-14(15)16(20)19-13-9-5-4-8-12-18/h6-7,10-11H,4-5,8-9,12-13H2,1-3H3,(H,19,20). The van der Waals surface area contributed by atoms with Gasteiger partial charge < -0.3 is 5.32 Å². The van der Waals surface area contributed by atoms with E-state index in [1.807, 2.05) is 24.3 Å². The number of nitrogens with one attached hydrogen (secondary N) is 1. The van der Waals surface area contributed by atoms with Crippen molar-refractivity contribution in [3.05, 3.63) is 35.4 Å². The molecule has 1 N–H and O–H groups in total. The van der Waals surface area contributed by atoms with Crippen molar-refractivity contribution in [2.24, 2.45) is 0 Å². The van der Waals surface area contributed by atoms with Gasteiger partial charge in [-0.05, 0) is 29.9 Å². The summed E-state index contributed by atoms with van der Waals surface area (Å²) in [6.45, 7) is 7.13. The second kappa shape index (κ2) is 8.31. The molecule has 112 valence electrons. The van der Waals surface area contributed by atoms with Crippen LogP contribution in [0.1, 0.15) is 62.4 Å². The average Bonchev–Trinajstić information content (AvgIpc) is 2.41. The summed E-state index contributed by atoms with van der Waals surface area (Å²) in [5.41, 5.74) is 1.87. The molecule has 1 aromatic rings. The Bertz CT molecular complexity index is 423. The van der Waals surface area contributed by atoms with Crippen LogP contribution in [-0.4, -0.2) is 18.3 Å². The van der Waals surface area contributed by atoms with Gasteiger partial charge >= 0.3 is 0 Å². The molecule has 0 aromatic heterocycles. The zero-order chi connectivity index (χ0) is 15.0. The Morgan fingerprint density at radius 2 is 1.75 bits per heavy atom. The molecule has 1 amide bonds. The van der Waals surface area contributed by atoms with E-state index < -0.39 is 0 Å². The monoisotopic (exact) mass is 295 g/mol. The van der Waals surface area contributed by atoms with E-state index in [2.05, 4.69) is 26.1 Å². The van der Waals surface area contributed by atoms with E-state index in [9.17, 15) is 4.79 Å². The number of hydrogen-bond acceptors (Lipinski definition) is 1. The van der Waals surface area contributed by atoms with Crippen LogP contribution in [0.15, 0.2) is 24.3 Å². The normalized spacial score (nSPS) is 11.4. The lowest BCUT2D eigenvalue weighted by molar-refractivity contribution is 0.0950. The zero-order valence-electron chi connectivity index (χ0n) is 12.8. The molecule has 0 atom stereocenters. The zero-order valence-corrected chi connectivity index (χ0v) is 13.6. The van der Waals surface area contributed by atoms with Crippen molar-refractivity contribution in [3.8, 4) is 0 Å². The number of halogens is 1. The minimum Gasteiger partial charge on any atom is -0.352 e. The highest BCUT2D eigenvalue weighted by atomic mass is 35.5. The fraction of sp³-hybridized carbons (Fsp3) is 0.588. The van der Waals surface area contributed by atoms with Crippen LogP contribution in [0.3, 0.4) is 0 Å².